The highest BCUT2D eigenvalue weighted by Gasteiger charge is 2.40. The Morgan fingerprint density at radius 3 is 2.03 bits per heavy atom. The molecule has 4 rings (SSSR count). The van der Waals surface area contributed by atoms with Gasteiger partial charge in [0.1, 0.15) is 5.70 Å². The SMILES string of the molecule is Cc1ccc(C2=C(Nc3cccc(C)c3)C(=O)N(c3ccc(C)cc3C)C2=O)cc1. The van der Waals surface area contributed by atoms with Crippen molar-refractivity contribution < 1.29 is 9.59 Å². The highest BCUT2D eigenvalue weighted by molar-refractivity contribution is 6.46. The van der Waals surface area contributed by atoms with Gasteiger partial charge in [0, 0.05) is 5.69 Å². The topological polar surface area (TPSA) is 49.4 Å². The van der Waals surface area contributed by atoms with E-state index in [1.54, 1.807) is 0 Å². The van der Waals surface area contributed by atoms with Gasteiger partial charge in [-0.2, -0.15) is 0 Å². The Morgan fingerprint density at radius 2 is 1.37 bits per heavy atom. The van der Waals surface area contributed by atoms with Crippen LogP contribution in [0, 0.1) is 27.7 Å². The number of carbonyl (C=O) groups is 2. The fourth-order valence-corrected chi connectivity index (χ4v) is 3.78. The molecular weight excluding hydrogens is 372 g/mol. The van der Waals surface area contributed by atoms with Gasteiger partial charge in [0.2, 0.25) is 0 Å². The average molecular weight is 396 g/mol. The number of rotatable bonds is 4. The fourth-order valence-electron chi connectivity index (χ4n) is 3.78. The smallest absolute Gasteiger partial charge is 0.282 e. The number of benzene rings is 3. The van der Waals surface area contributed by atoms with Crippen LogP contribution >= 0.6 is 0 Å². The molecule has 4 heteroatoms. The fraction of sp³-hybridized carbons (Fsp3) is 0.154. The highest BCUT2D eigenvalue weighted by Crippen LogP contribution is 2.35. The van der Waals surface area contributed by atoms with E-state index in [9.17, 15) is 9.59 Å². The second-order valence-electron chi connectivity index (χ2n) is 7.85. The Balaban J connectivity index is 1.84. The van der Waals surface area contributed by atoms with Crippen LogP contribution in [0.2, 0.25) is 0 Å². The lowest BCUT2D eigenvalue weighted by Gasteiger charge is -2.18. The Labute approximate surface area is 176 Å². The summed E-state index contributed by atoms with van der Waals surface area (Å²) in [6, 6.07) is 21.2. The maximum absolute atomic E-state index is 13.5. The van der Waals surface area contributed by atoms with Crippen LogP contribution in [0.5, 0.6) is 0 Å². The Morgan fingerprint density at radius 1 is 0.700 bits per heavy atom. The van der Waals surface area contributed by atoms with Crippen molar-refractivity contribution >= 4 is 28.8 Å². The number of hydrogen-bond acceptors (Lipinski definition) is 3. The second kappa shape index (κ2) is 7.64. The third-order valence-electron chi connectivity index (χ3n) is 5.30. The van der Waals surface area contributed by atoms with Crippen LogP contribution in [-0.2, 0) is 9.59 Å². The summed E-state index contributed by atoms with van der Waals surface area (Å²) < 4.78 is 0. The lowest BCUT2D eigenvalue weighted by molar-refractivity contribution is -0.120. The molecular formula is C26H24N2O2. The summed E-state index contributed by atoms with van der Waals surface area (Å²) in [5.74, 6) is -0.657. The number of nitrogens with zero attached hydrogens (tertiary/aromatic N) is 1. The molecule has 0 fully saturated rings. The number of imide groups is 1. The molecule has 0 saturated heterocycles. The molecule has 0 radical (unpaired) electrons. The molecule has 0 atom stereocenters. The first kappa shape index (κ1) is 19.6. The van der Waals surface area contributed by atoms with Crippen molar-refractivity contribution in [1.29, 1.82) is 0 Å². The maximum Gasteiger partial charge on any atom is 0.282 e. The molecule has 1 heterocycles. The summed E-state index contributed by atoms with van der Waals surface area (Å²) in [5.41, 5.74) is 6.93. The van der Waals surface area contributed by atoms with Gasteiger partial charge < -0.3 is 5.32 Å². The van der Waals surface area contributed by atoms with Crippen LogP contribution in [-0.4, -0.2) is 11.8 Å². The van der Waals surface area contributed by atoms with Crippen molar-refractivity contribution in [3.05, 3.63) is 100 Å². The molecule has 150 valence electrons. The number of carbonyl (C=O) groups excluding carboxylic acids is 2. The zero-order valence-electron chi connectivity index (χ0n) is 17.6. The van der Waals surface area contributed by atoms with Crippen molar-refractivity contribution in [2.24, 2.45) is 0 Å². The summed E-state index contributed by atoms with van der Waals surface area (Å²) >= 11 is 0. The van der Waals surface area contributed by atoms with E-state index < -0.39 is 0 Å². The van der Waals surface area contributed by atoms with Crippen LogP contribution in [0.15, 0.2) is 72.4 Å². The van der Waals surface area contributed by atoms with Crippen molar-refractivity contribution in [2.45, 2.75) is 27.7 Å². The normalized spacial score (nSPS) is 13.9. The number of anilines is 2. The number of hydrogen-bond donors (Lipinski definition) is 1. The standard InChI is InChI=1S/C26H24N2O2/c1-16-8-11-20(12-9-16)23-24(27-21-7-5-6-17(2)15-21)26(30)28(25(23)29)22-13-10-18(3)14-19(22)4/h5-15,27H,1-4H3. The largest absolute Gasteiger partial charge is 0.350 e. The van der Waals surface area contributed by atoms with Crippen LogP contribution in [0.25, 0.3) is 5.57 Å². The van der Waals surface area contributed by atoms with Gasteiger partial charge in [0.15, 0.2) is 0 Å². The summed E-state index contributed by atoms with van der Waals surface area (Å²) in [7, 11) is 0. The summed E-state index contributed by atoms with van der Waals surface area (Å²) in [6.07, 6.45) is 0. The molecule has 1 aliphatic rings. The lowest BCUT2D eigenvalue weighted by Crippen LogP contribution is -2.33. The van der Waals surface area contributed by atoms with E-state index in [0.717, 1.165) is 33.5 Å². The van der Waals surface area contributed by atoms with Gasteiger partial charge in [0.05, 0.1) is 11.3 Å². The minimum absolute atomic E-state index is 0.300. The zero-order valence-corrected chi connectivity index (χ0v) is 17.6. The van der Waals surface area contributed by atoms with Gasteiger partial charge in [-0.3, -0.25) is 9.59 Å². The Bertz CT molecular complexity index is 1190. The summed E-state index contributed by atoms with van der Waals surface area (Å²) in [5, 5.41) is 3.22. The molecule has 0 bridgehead atoms. The Kier molecular flexibility index (Phi) is 5.00. The van der Waals surface area contributed by atoms with Gasteiger partial charge >= 0.3 is 0 Å². The molecule has 0 aromatic heterocycles. The second-order valence-corrected chi connectivity index (χ2v) is 7.85. The predicted molar refractivity (Wildman–Crippen MR) is 121 cm³/mol. The van der Waals surface area contributed by atoms with Crippen LogP contribution < -0.4 is 10.2 Å². The van der Waals surface area contributed by atoms with E-state index in [1.165, 1.54) is 4.90 Å². The van der Waals surface area contributed by atoms with E-state index in [-0.39, 0.29) is 11.8 Å². The first-order valence-electron chi connectivity index (χ1n) is 9.96. The zero-order chi connectivity index (χ0) is 21.4. The summed E-state index contributed by atoms with van der Waals surface area (Å²) in [6.45, 7) is 7.89. The van der Waals surface area contributed by atoms with Gasteiger partial charge in [-0.25, -0.2) is 4.90 Å². The molecule has 3 aromatic carbocycles. The van der Waals surface area contributed by atoms with Crippen molar-refractivity contribution in [1.82, 2.24) is 0 Å². The third-order valence-corrected chi connectivity index (χ3v) is 5.30. The maximum atomic E-state index is 13.5. The van der Waals surface area contributed by atoms with Crippen molar-refractivity contribution in [3.8, 4) is 0 Å². The van der Waals surface area contributed by atoms with E-state index >= 15 is 0 Å². The molecule has 4 nitrogen and oxygen atoms in total. The molecule has 0 aliphatic carbocycles. The minimum atomic E-state index is -0.343. The predicted octanol–water partition coefficient (Wildman–Crippen LogP) is 5.32. The van der Waals surface area contributed by atoms with Crippen LogP contribution in [0.4, 0.5) is 11.4 Å². The molecule has 3 aromatic rings. The number of amides is 2. The molecule has 0 saturated carbocycles. The van der Waals surface area contributed by atoms with E-state index in [0.29, 0.717) is 17.0 Å². The van der Waals surface area contributed by atoms with Crippen molar-refractivity contribution in [2.75, 3.05) is 10.2 Å². The lowest BCUT2D eigenvalue weighted by atomic mass is 10.0. The van der Waals surface area contributed by atoms with Crippen LogP contribution in [0.1, 0.15) is 27.8 Å². The minimum Gasteiger partial charge on any atom is -0.350 e. The molecule has 30 heavy (non-hydrogen) atoms. The first-order chi connectivity index (χ1) is 14.3. The van der Waals surface area contributed by atoms with E-state index in [1.807, 2.05) is 94.4 Å². The number of nitrogens with one attached hydrogen (secondary N) is 1. The third kappa shape index (κ3) is 3.52. The molecule has 0 unspecified atom stereocenters. The van der Waals surface area contributed by atoms with E-state index in [4.69, 9.17) is 0 Å². The monoisotopic (exact) mass is 396 g/mol. The quantitative estimate of drug-likeness (QED) is 0.608. The first-order valence-corrected chi connectivity index (χ1v) is 9.96. The summed E-state index contributed by atoms with van der Waals surface area (Å²) in [4.78, 5) is 28.3. The highest BCUT2D eigenvalue weighted by atomic mass is 16.2. The van der Waals surface area contributed by atoms with Crippen LogP contribution in [0.3, 0.4) is 0 Å². The molecule has 1 N–H and O–H groups in total. The Hall–Kier alpha value is -3.66. The van der Waals surface area contributed by atoms with Gasteiger partial charge in [-0.1, -0.05) is 59.7 Å². The van der Waals surface area contributed by atoms with Gasteiger partial charge in [-0.05, 0) is 62.6 Å². The van der Waals surface area contributed by atoms with E-state index in [2.05, 4.69) is 5.32 Å². The molecule has 2 amide bonds. The number of aryl methyl sites for hydroxylation is 4. The van der Waals surface area contributed by atoms with Gasteiger partial charge in [-0.15, -0.1) is 0 Å². The average Bonchev–Trinajstić information content (AvgIpc) is 2.93. The van der Waals surface area contributed by atoms with Gasteiger partial charge in [0.25, 0.3) is 11.8 Å². The molecule has 0 spiro atoms. The molecule has 1 aliphatic heterocycles. The van der Waals surface area contributed by atoms with Crippen molar-refractivity contribution in [3.63, 3.8) is 0 Å².